The van der Waals surface area contributed by atoms with Crippen molar-refractivity contribution in [1.29, 1.82) is 0 Å². The Kier molecular flexibility index (Phi) is 5.55. The molecule has 6 nitrogen and oxygen atoms in total. The van der Waals surface area contributed by atoms with E-state index in [4.69, 9.17) is 16.3 Å². The van der Waals surface area contributed by atoms with Crippen molar-refractivity contribution in [2.45, 2.75) is 0 Å². The van der Waals surface area contributed by atoms with Gasteiger partial charge in [0.15, 0.2) is 0 Å². The Bertz CT molecular complexity index is 782. The zero-order chi connectivity index (χ0) is 17.7. The molecule has 2 aromatic rings. The number of carbonyl (C=O) groups is 3. The molecule has 0 N–H and O–H groups in total. The summed E-state index contributed by atoms with van der Waals surface area (Å²) >= 11 is 5.84. The van der Waals surface area contributed by atoms with Gasteiger partial charge in [-0.05, 0) is 42.5 Å². The smallest absolute Gasteiger partial charge is 0.343 e. The molecule has 124 valence electrons. The minimum atomic E-state index is -0.695. The quantitative estimate of drug-likeness (QED) is 0.624. The average molecular weight is 349 g/mol. The van der Waals surface area contributed by atoms with Crippen molar-refractivity contribution in [3.63, 3.8) is 0 Å². The molecule has 0 amide bonds. The summed E-state index contributed by atoms with van der Waals surface area (Å²) in [6.45, 7) is 0. The Labute approximate surface area is 142 Å². The van der Waals surface area contributed by atoms with E-state index >= 15 is 0 Å². The van der Waals surface area contributed by atoms with Crippen LogP contribution in [0, 0.1) is 0 Å². The molecule has 0 saturated heterocycles. The van der Waals surface area contributed by atoms with Crippen molar-refractivity contribution < 1.29 is 28.6 Å². The van der Waals surface area contributed by atoms with Gasteiger partial charge in [-0.15, -0.1) is 0 Å². The van der Waals surface area contributed by atoms with Crippen molar-refractivity contribution in [3.05, 3.63) is 64.2 Å². The Morgan fingerprint density at radius 1 is 0.792 bits per heavy atom. The summed E-state index contributed by atoms with van der Waals surface area (Å²) in [4.78, 5) is 35.3. The lowest BCUT2D eigenvalue weighted by atomic mass is 10.1. The second-order valence-corrected chi connectivity index (χ2v) is 5.03. The normalized spacial score (nSPS) is 9.96. The molecule has 0 aliphatic rings. The van der Waals surface area contributed by atoms with Crippen molar-refractivity contribution in [2.75, 3.05) is 14.2 Å². The molecule has 0 saturated carbocycles. The molecule has 24 heavy (non-hydrogen) atoms. The Hall–Kier alpha value is -2.86. The third-order valence-corrected chi connectivity index (χ3v) is 3.33. The highest BCUT2D eigenvalue weighted by atomic mass is 35.5. The first-order valence-electron chi connectivity index (χ1n) is 6.74. The molecule has 0 aliphatic heterocycles. The van der Waals surface area contributed by atoms with E-state index in [9.17, 15) is 14.4 Å². The molecule has 2 rings (SSSR count). The van der Waals surface area contributed by atoms with Crippen LogP contribution in [0.1, 0.15) is 31.1 Å². The number of methoxy groups -OCH3 is 2. The van der Waals surface area contributed by atoms with E-state index < -0.39 is 17.9 Å². The number of hydrogen-bond acceptors (Lipinski definition) is 6. The van der Waals surface area contributed by atoms with Gasteiger partial charge in [0.2, 0.25) is 0 Å². The minimum absolute atomic E-state index is 0.0216. The number of halogens is 1. The van der Waals surface area contributed by atoms with Crippen LogP contribution in [0.4, 0.5) is 0 Å². The molecular formula is C17H13ClO6. The number of rotatable bonds is 4. The van der Waals surface area contributed by atoms with Crippen molar-refractivity contribution in [2.24, 2.45) is 0 Å². The monoisotopic (exact) mass is 348 g/mol. The average Bonchev–Trinajstić information content (AvgIpc) is 2.61. The molecule has 0 atom stereocenters. The highest BCUT2D eigenvalue weighted by Gasteiger charge is 2.18. The van der Waals surface area contributed by atoms with Gasteiger partial charge in [-0.2, -0.15) is 0 Å². The Morgan fingerprint density at radius 3 is 1.88 bits per heavy atom. The zero-order valence-corrected chi connectivity index (χ0v) is 13.6. The first-order valence-corrected chi connectivity index (χ1v) is 7.12. The van der Waals surface area contributed by atoms with Gasteiger partial charge in [0.25, 0.3) is 0 Å². The van der Waals surface area contributed by atoms with Gasteiger partial charge in [0.05, 0.1) is 25.3 Å². The largest absolute Gasteiger partial charge is 0.465 e. The third-order valence-electron chi connectivity index (χ3n) is 3.09. The summed E-state index contributed by atoms with van der Waals surface area (Å²) in [7, 11) is 2.47. The van der Waals surface area contributed by atoms with Gasteiger partial charge >= 0.3 is 17.9 Å². The first-order chi connectivity index (χ1) is 11.5. The Balaban J connectivity index is 2.24. The topological polar surface area (TPSA) is 78.9 Å². The van der Waals surface area contributed by atoms with Crippen LogP contribution < -0.4 is 4.74 Å². The summed E-state index contributed by atoms with van der Waals surface area (Å²) in [5, 5.41) is 0.303. The van der Waals surface area contributed by atoms with Gasteiger partial charge in [0, 0.05) is 5.02 Å². The summed E-state index contributed by atoms with van der Waals surface area (Å²) < 4.78 is 14.4. The highest BCUT2D eigenvalue weighted by Crippen LogP contribution is 2.24. The van der Waals surface area contributed by atoms with Crippen molar-refractivity contribution >= 4 is 29.5 Å². The fourth-order valence-corrected chi connectivity index (χ4v) is 2.05. The fraction of sp³-hybridized carbons (Fsp3) is 0.118. The van der Waals surface area contributed by atoms with Crippen molar-refractivity contribution in [1.82, 2.24) is 0 Å². The summed E-state index contributed by atoms with van der Waals surface area (Å²) in [6.07, 6.45) is 0. The maximum atomic E-state index is 12.2. The molecule has 0 radical (unpaired) electrons. The van der Waals surface area contributed by atoms with Crippen LogP contribution in [-0.4, -0.2) is 32.1 Å². The van der Waals surface area contributed by atoms with E-state index in [0.29, 0.717) is 10.6 Å². The lowest BCUT2D eigenvalue weighted by molar-refractivity contribution is 0.0584. The second-order valence-electron chi connectivity index (χ2n) is 4.59. The van der Waals surface area contributed by atoms with Crippen LogP contribution in [0.15, 0.2) is 42.5 Å². The molecule has 0 spiro atoms. The molecule has 0 bridgehead atoms. The minimum Gasteiger partial charge on any atom is -0.465 e. The SMILES string of the molecule is COC(=O)c1ccc(C(=O)Oc2ccc(Cl)cc2C(=O)OC)cc1. The Morgan fingerprint density at radius 2 is 1.33 bits per heavy atom. The highest BCUT2D eigenvalue weighted by molar-refractivity contribution is 6.31. The van der Waals surface area contributed by atoms with Crippen LogP contribution >= 0.6 is 11.6 Å². The predicted octanol–water partition coefficient (Wildman–Crippen LogP) is 3.13. The van der Waals surface area contributed by atoms with E-state index in [0.717, 1.165) is 0 Å². The summed E-state index contributed by atoms with van der Waals surface area (Å²) in [5.41, 5.74) is 0.536. The zero-order valence-electron chi connectivity index (χ0n) is 12.9. The molecule has 0 aliphatic carbocycles. The first kappa shape index (κ1) is 17.5. The molecule has 7 heteroatoms. The van der Waals surface area contributed by atoms with Crippen LogP contribution in [0.3, 0.4) is 0 Å². The molecule has 0 unspecified atom stereocenters. The fourth-order valence-electron chi connectivity index (χ4n) is 1.88. The molecule has 0 aromatic heterocycles. The van der Waals surface area contributed by atoms with E-state index in [1.54, 1.807) is 0 Å². The molecule has 2 aromatic carbocycles. The van der Waals surface area contributed by atoms with Gasteiger partial charge in [-0.3, -0.25) is 0 Å². The van der Waals surface area contributed by atoms with Gasteiger partial charge in [-0.1, -0.05) is 11.6 Å². The lowest BCUT2D eigenvalue weighted by Gasteiger charge is -2.09. The summed E-state index contributed by atoms with van der Waals surface area (Å²) in [5.74, 6) is -1.87. The number of esters is 3. The third kappa shape index (κ3) is 3.91. The van der Waals surface area contributed by atoms with Crippen LogP contribution in [0.25, 0.3) is 0 Å². The second kappa shape index (κ2) is 7.61. The van der Waals surface area contributed by atoms with E-state index in [1.165, 1.54) is 56.7 Å². The molecule has 0 heterocycles. The number of carbonyl (C=O) groups excluding carboxylic acids is 3. The number of hydrogen-bond donors (Lipinski definition) is 0. The molecule has 0 fully saturated rings. The van der Waals surface area contributed by atoms with Gasteiger partial charge in [0.1, 0.15) is 11.3 Å². The van der Waals surface area contributed by atoms with Gasteiger partial charge in [-0.25, -0.2) is 14.4 Å². The number of ether oxygens (including phenoxy) is 3. The maximum absolute atomic E-state index is 12.2. The van der Waals surface area contributed by atoms with Crippen molar-refractivity contribution in [3.8, 4) is 5.75 Å². The maximum Gasteiger partial charge on any atom is 0.343 e. The van der Waals surface area contributed by atoms with E-state index in [1.807, 2.05) is 0 Å². The molecular weight excluding hydrogens is 336 g/mol. The number of benzene rings is 2. The lowest BCUT2D eigenvalue weighted by Crippen LogP contribution is -2.12. The van der Waals surface area contributed by atoms with E-state index in [-0.39, 0.29) is 16.9 Å². The standard InChI is InChI=1S/C17H13ClO6/c1-22-15(19)10-3-5-11(6-4-10)16(20)24-14-8-7-12(18)9-13(14)17(21)23-2/h3-9H,1-2H3. The summed E-state index contributed by atoms with van der Waals surface area (Å²) in [6, 6.07) is 9.93. The van der Waals surface area contributed by atoms with Crippen LogP contribution in [0.2, 0.25) is 5.02 Å². The predicted molar refractivity (Wildman–Crippen MR) is 85.5 cm³/mol. The van der Waals surface area contributed by atoms with E-state index in [2.05, 4.69) is 9.47 Å². The van der Waals surface area contributed by atoms with Gasteiger partial charge < -0.3 is 14.2 Å². The van der Waals surface area contributed by atoms with Crippen LogP contribution in [0.5, 0.6) is 5.75 Å². The van der Waals surface area contributed by atoms with Crippen LogP contribution in [-0.2, 0) is 9.47 Å².